The highest BCUT2D eigenvalue weighted by molar-refractivity contribution is 9.10. The van der Waals surface area contributed by atoms with Gasteiger partial charge in [0, 0.05) is 23.0 Å². The molecule has 2 unspecified atom stereocenters. The number of rotatable bonds is 3. The number of hydrogen-bond donors (Lipinski definition) is 1. The lowest BCUT2D eigenvalue weighted by atomic mass is 9.69. The third-order valence-corrected chi connectivity index (χ3v) is 12.4. The van der Waals surface area contributed by atoms with E-state index < -0.39 is 8.32 Å². The van der Waals surface area contributed by atoms with E-state index in [2.05, 4.69) is 67.3 Å². The lowest BCUT2D eigenvalue weighted by Crippen LogP contribution is -2.48. The van der Waals surface area contributed by atoms with Crippen molar-refractivity contribution in [1.29, 1.82) is 0 Å². The average Bonchev–Trinajstić information content (AvgIpc) is 2.80. The van der Waals surface area contributed by atoms with E-state index in [0.717, 1.165) is 41.9 Å². The maximum absolute atomic E-state index is 6.72. The van der Waals surface area contributed by atoms with Crippen molar-refractivity contribution in [2.45, 2.75) is 75.9 Å². The first-order valence-corrected chi connectivity index (χ1v) is 13.9. The quantitative estimate of drug-likeness (QED) is 0.485. The van der Waals surface area contributed by atoms with Crippen LogP contribution in [0, 0.1) is 0 Å². The Labute approximate surface area is 178 Å². The van der Waals surface area contributed by atoms with Crippen LogP contribution in [0.5, 0.6) is 11.5 Å². The van der Waals surface area contributed by atoms with Gasteiger partial charge in [-0.3, -0.25) is 0 Å². The van der Waals surface area contributed by atoms with Gasteiger partial charge in [-0.05, 0) is 42.7 Å². The van der Waals surface area contributed by atoms with Crippen LogP contribution >= 0.6 is 15.9 Å². The Bertz CT molecular complexity index is 817. The molecule has 4 nitrogen and oxygen atoms in total. The van der Waals surface area contributed by atoms with Crippen molar-refractivity contribution in [1.82, 2.24) is 5.32 Å². The molecule has 6 heteroatoms. The molecule has 4 rings (SSSR count). The molecule has 3 atom stereocenters. The lowest BCUT2D eigenvalue weighted by molar-refractivity contribution is 0.0892. The zero-order valence-electron chi connectivity index (χ0n) is 17.8. The molecule has 0 amide bonds. The molecule has 1 spiro atoms. The van der Waals surface area contributed by atoms with Gasteiger partial charge in [0.15, 0.2) is 19.8 Å². The molecular weight excluding hydrogens is 434 g/mol. The predicted octanol–water partition coefficient (Wildman–Crippen LogP) is 5.30. The molecular formula is C22H32BrNO3Si. The van der Waals surface area contributed by atoms with E-state index in [1.807, 2.05) is 6.07 Å². The predicted molar refractivity (Wildman–Crippen MR) is 119 cm³/mol. The van der Waals surface area contributed by atoms with Gasteiger partial charge in [0.2, 0.25) is 0 Å². The van der Waals surface area contributed by atoms with Crippen LogP contribution in [0.2, 0.25) is 18.1 Å². The molecule has 0 saturated heterocycles. The third-order valence-electron chi connectivity index (χ3n) is 7.14. The van der Waals surface area contributed by atoms with E-state index >= 15 is 0 Å². The van der Waals surface area contributed by atoms with Gasteiger partial charge in [-0.2, -0.15) is 0 Å². The Kier molecular flexibility index (Phi) is 5.01. The second-order valence-corrected chi connectivity index (χ2v) is 15.4. The molecule has 2 heterocycles. The molecule has 3 aliphatic rings. The minimum Gasteiger partial charge on any atom is -0.493 e. The highest BCUT2D eigenvalue weighted by atomic mass is 79.9. The maximum Gasteiger partial charge on any atom is 0.192 e. The van der Waals surface area contributed by atoms with Crippen molar-refractivity contribution in [3.63, 3.8) is 0 Å². The number of nitrogens with one attached hydrogen (secondary N) is 1. The largest absolute Gasteiger partial charge is 0.493 e. The zero-order valence-corrected chi connectivity index (χ0v) is 20.4. The van der Waals surface area contributed by atoms with E-state index in [1.54, 1.807) is 7.11 Å². The smallest absolute Gasteiger partial charge is 0.192 e. The fraction of sp³-hybridized carbons (Fsp3) is 0.636. The molecule has 0 fully saturated rings. The highest BCUT2D eigenvalue weighted by Gasteiger charge is 2.53. The molecule has 0 aromatic heterocycles. The van der Waals surface area contributed by atoms with Gasteiger partial charge in [0.1, 0.15) is 6.10 Å². The van der Waals surface area contributed by atoms with Crippen LogP contribution < -0.4 is 14.8 Å². The Morgan fingerprint density at radius 2 is 2.07 bits per heavy atom. The van der Waals surface area contributed by atoms with E-state index in [-0.39, 0.29) is 22.7 Å². The van der Waals surface area contributed by atoms with Crippen molar-refractivity contribution >= 4 is 24.2 Å². The van der Waals surface area contributed by atoms with Gasteiger partial charge in [-0.1, -0.05) is 48.9 Å². The molecule has 0 bridgehead atoms. The van der Waals surface area contributed by atoms with Gasteiger partial charge in [0.25, 0.3) is 0 Å². The normalized spacial score (nSPS) is 29.0. The number of halogens is 1. The first kappa shape index (κ1) is 20.4. The number of hydrogen-bond acceptors (Lipinski definition) is 4. The highest BCUT2D eigenvalue weighted by Crippen LogP contribution is 2.57. The fourth-order valence-corrected chi connectivity index (χ4v) is 6.36. The molecule has 1 N–H and O–H groups in total. The summed E-state index contributed by atoms with van der Waals surface area (Å²) in [6.07, 6.45) is 6.80. The molecule has 1 aromatic rings. The van der Waals surface area contributed by atoms with E-state index in [1.165, 1.54) is 11.1 Å². The summed E-state index contributed by atoms with van der Waals surface area (Å²) < 4.78 is 20.1. The summed E-state index contributed by atoms with van der Waals surface area (Å²) in [5.74, 6) is 1.74. The van der Waals surface area contributed by atoms with Gasteiger partial charge < -0.3 is 19.2 Å². The summed E-state index contributed by atoms with van der Waals surface area (Å²) in [6.45, 7) is 13.3. The SMILES string of the molecule is COc1cc(Br)c2c3c1OC1C[C@@H](O[Si](C)(C)C(C)(C)C)C=CC31CCNC2. The lowest BCUT2D eigenvalue weighted by Gasteiger charge is -2.42. The van der Waals surface area contributed by atoms with Gasteiger partial charge >= 0.3 is 0 Å². The standard InChI is InChI=1S/C22H32BrNO3Si/c1-21(2,3)28(5,6)27-14-7-8-22-9-10-24-13-15-16(23)12-17(25-4)20(19(15)22)26-18(22)11-14/h7-8,12,14,18,24H,9-11,13H2,1-6H3/t14-,18?,22?/m0/s1. The second kappa shape index (κ2) is 6.86. The van der Waals surface area contributed by atoms with E-state index in [4.69, 9.17) is 13.9 Å². The molecule has 0 saturated carbocycles. The van der Waals surface area contributed by atoms with Crippen LogP contribution in [-0.4, -0.2) is 34.2 Å². The topological polar surface area (TPSA) is 39.7 Å². The summed E-state index contributed by atoms with van der Waals surface area (Å²) in [5.41, 5.74) is 2.50. The monoisotopic (exact) mass is 465 g/mol. The van der Waals surface area contributed by atoms with Crippen LogP contribution in [0.4, 0.5) is 0 Å². The third kappa shape index (κ3) is 3.08. The molecule has 28 heavy (non-hydrogen) atoms. The number of benzene rings is 1. The van der Waals surface area contributed by atoms with Crippen LogP contribution in [0.1, 0.15) is 44.7 Å². The summed E-state index contributed by atoms with van der Waals surface area (Å²) in [5, 5.41) is 3.78. The Balaban J connectivity index is 1.74. The molecule has 154 valence electrons. The molecule has 0 radical (unpaired) electrons. The zero-order chi connectivity index (χ0) is 20.3. The second-order valence-electron chi connectivity index (χ2n) is 9.83. The van der Waals surface area contributed by atoms with Crippen LogP contribution in [0.25, 0.3) is 0 Å². The van der Waals surface area contributed by atoms with Gasteiger partial charge in [0.05, 0.1) is 18.6 Å². The van der Waals surface area contributed by atoms with Crippen LogP contribution in [0.15, 0.2) is 22.7 Å². The van der Waals surface area contributed by atoms with Crippen molar-refractivity contribution in [2.75, 3.05) is 13.7 Å². The number of ether oxygens (including phenoxy) is 2. The Morgan fingerprint density at radius 1 is 1.32 bits per heavy atom. The van der Waals surface area contributed by atoms with Gasteiger partial charge in [-0.25, -0.2) is 0 Å². The summed E-state index contributed by atoms with van der Waals surface area (Å²) in [7, 11) is -0.116. The Hall–Kier alpha value is -0.823. The molecule has 1 aliphatic carbocycles. The maximum atomic E-state index is 6.72. The van der Waals surface area contributed by atoms with Gasteiger partial charge in [-0.15, -0.1) is 0 Å². The van der Waals surface area contributed by atoms with E-state index in [0.29, 0.717) is 0 Å². The molecule has 1 aromatic carbocycles. The van der Waals surface area contributed by atoms with Crippen molar-refractivity contribution in [2.24, 2.45) is 0 Å². The van der Waals surface area contributed by atoms with Crippen LogP contribution in [-0.2, 0) is 16.4 Å². The minimum absolute atomic E-state index is 0.0871. The first-order valence-electron chi connectivity index (χ1n) is 10.2. The fourth-order valence-electron chi connectivity index (χ4n) is 4.53. The van der Waals surface area contributed by atoms with Crippen LogP contribution in [0.3, 0.4) is 0 Å². The van der Waals surface area contributed by atoms with Crippen molar-refractivity contribution in [3.05, 3.63) is 33.8 Å². The summed E-state index contributed by atoms with van der Waals surface area (Å²) in [6, 6.07) is 2.04. The van der Waals surface area contributed by atoms with Crippen molar-refractivity contribution < 1.29 is 13.9 Å². The summed E-state index contributed by atoms with van der Waals surface area (Å²) in [4.78, 5) is 0. The minimum atomic E-state index is -1.84. The van der Waals surface area contributed by atoms with Crippen molar-refractivity contribution in [3.8, 4) is 11.5 Å². The molecule has 2 aliphatic heterocycles. The number of methoxy groups -OCH3 is 1. The first-order chi connectivity index (χ1) is 13.1. The summed E-state index contributed by atoms with van der Waals surface area (Å²) >= 11 is 3.77. The van der Waals surface area contributed by atoms with E-state index in [9.17, 15) is 0 Å². The Morgan fingerprint density at radius 3 is 2.75 bits per heavy atom. The average molecular weight is 466 g/mol.